The Balaban J connectivity index is 2.92. The molecule has 1 aromatic rings. The van der Waals surface area contributed by atoms with E-state index in [1.54, 1.807) is 13.8 Å². The van der Waals surface area contributed by atoms with Gasteiger partial charge >= 0.3 is 6.18 Å². The van der Waals surface area contributed by atoms with Crippen molar-refractivity contribution in [2.24, 2.45) is 0 Å². The summed E-state index contributed by atoms with van der Waals surface area (Å²) >= 11 is 1.07. The summed E-state index contributed by atoms with van der Waals surface area (Å²) in [6, 6.07) is 0. The van der Waals surface area contributed by atoms with E-state index in [2.05, 4.69) is 10.3 Å². The zero-order chi connectivity index (χ0) is 14.5. The van der Waals surface area contributed by atoms with Crippen molar-refractivity contribution < 1.29 is 17.9 Å². The Hall–Kier alpha value is -0.660. The summed E-state index contributed by atoms with van der Waals surface area (Å²) in [7, 11) is 0. The highest BCUT2D eigenvalue weighted by Gasteiger charge is 2.37. The van der Waals surface area contributed by atoms with E-state index in [4.69, 9.17) is 4.74 Å². The van der Waals surface area contributed by atoms with Crippen LogP contribution in [0.4, 0.5) is 13.2 Å². The average molecular weight is 296 g/mol. The van der Waals surface area contributed by atoms with E-state index in [9.17, 15) is 13.2 Å². The van der Waals surface area contributed by atoms with Crippen LogP contribution in [0.15, 0.2) is 0 Å². The molecule has 1 aromatic heterocycles. The van der Waals surface area contributed by atoms with Crippen molar-refractivity contribution in [3.05, 3.63) is 15.6 Å². The first kappa shape index (κ1) is 16.4. The molecule has 0 bridgehead atoms. The highest BCUT2D eigenvalue weighted by molar-refractivity contribution is 7.11. The highest BCUT2D eigenvalue weighted by atomic mass is 32.1. The lowest BCUT2D eigenvalue weighted by Gasteiger charge is -2.07. The second kappa shape index (κ2) is 7.21. The van der Waals surface area contributed by atoms with Crippen molar-refractivity contribution in [2.75, 3.05) is 13.2 Å². The first-order valence-electron chi connectivity index (χ1n) is 6.29. The van der Waals surface area contributed by atoms with Crippen molar-refractivity contribution in [1.29, 1.82) is 0 Å². The van der Waals surface area contributed by atoms with Gasteiger partial charge in [0.05, 0.1) is 4.88 Å². The van der Waals surface area contributed by atoms with E-state index in [1.807, 2.05) is 6.92 Å². The topological polar surface area (TPSA) is 34.1 Å². The molecule has 0 fully saturated rings. The Kier molecular flexibility index (Phi) is 6.22. The normalized spacial score (nSPS) is 13.8. The maximum atomic E-state index is 12.9. The van der Waals surface area contributed by atoms with Crippen LogP contribution < -0.4 is 5.32 Å². The summed E-state index contributed by atoms with van der Waals surface area (Å²) in [6.45, 7) is 6.81. The van der Waals surface area contributed by atoms with E-state index in [0.29, 0.717) is 18.2 Å². The first-order chi connectivity index (χ1) is 8.90. The van der Waals surface area contributed by atoms with E-state index >= 15 is 0 Å². The van der Waals surface area contributed by atoms with Gasteiger partial charge in [0, 0.05) is 13.2 Å². The lowest BCUT2D eigenvalue weighted by Crippen LogP contribution is -2.17. The van der Waals surface area contributed by atoms with Gasteiger partial charge in [-0.1, -0.05) is 6.92 Å². The SMILES string of the molecule is CCCNCc1sc(C(C)OCC)nc1C(F)(F)F. The van der Waals surface area contributed by atoms with Gasteiger partial charge in [-0.05, 0) is 26.8 Å². The Morgan fingerprint density at radius 2 is 2.05 bits per heavy atom. The van der Waals surface area contributed by atoms with Gasteiger partial charge in [0.1, 0.15) is 11.1 Å². The monoisotopic (exact) mass is 296 g/mol. The molecule has 0 saturated carbocycles. The van der Waals surface area contributed by atoms with Gasteiger partial charge in [-0.25, -0.2) is 4.98 Å². The van der Waals surface area contributed by atoms with Crippen LogP contribution in [0.2, 0.25) is 0 Å². The fraction of sp³-hybridized carbons (Fsp3) is 0.750. The Labute approximate surface area is 115 Å². The number of aromatic nitrogens is 1. The van der Waals surface area contributed by atoms with E-state index < -0.39 is 18.0 Å². The molecule has 0 aliphatic heterocycles. The van der Waals surface area contributed by atoms with Crippen molar-refractivity contribution in [1.82, 2.24) is 10.3 Å². The number of thiazole rings is 1. The summed E-state index contributed by atoms with van der Waals surface area (Å²) in [4.78, 5) is 3.93. The standard InChI is InChI=1S/C12H19F3N2OS/c1-4-6-16-7-9-10(12(13,14)15)17-11(19-9)8(3)18-5-2/h8,16H,4-7H2,1-3H3. The molecule has 1 heterocycles. The van der Waals surface area contributed by atoms with Crippen molar-refractivity contribution in [3.8, 4) is 0 Å². The highest BCUT2D eigenvalue weighted by Crippen LogP contribution is 2.36. The molecule has 0 saturated heterocycles. The molecule has 1 unspecified atom stereocenters. The zero-order valence-electron chi connectivity index (χ0n) is 11.3. The molecule has 0 aromatic carbocycles. The second-order valence-corrected chi connectivity index (χ2v) is 5.21. The molecule has 19 heavy (non-hydrogen) atoms. The Morgan fingerprint density at radius 1 is 1.37 bits per heavy atom. The van der Waals surface area contributed by atoms with Crippen molar-refractivity contribution in [3.63, 3.8) is 0 Å². The third-order valence-corrected chi connectivity index (χ3v) is 3.68. The predicted molar refractivity (Wildman–Crippen MR) is 69.2 cm³/mol. The van der Waals surface area contributed by atoms with Gasteiger partial charge in [0.2, 0.25) is 0 Å². The first-order valence-corrected chi connectivity index (χ1v) is 7.10. The van der Waals surface area contributed by atoms with Crippen LogP contribution in [0, 0.1) is 0 Å². The Bertz CT molecular complexity index is 393. The lowest BCUT2D eigenvalue weighted by atomic mass is 10.3. The third kappa shape index (κ3) is 4.74. The van der Waals surface area contributed by atoms with E-state index in [1.165, 1.54) is 0 Å². The number of nitrogens with zero attached hydrogens (tertiary/aromatic N) is 1. The number of rotatable bonds is 7. The fourth-order valence-corrected chi connectivity index (χ4v) is 2.64. The van der Waals surface area contributed by atoms with Crippen LogP contribution >= 0.6 is 11.3 Å². The van der Waals surface area contributed by atoms with E-state index in [-0.39, 0.29) is 11.4 Å². The average Bonchev–Trinajstić information content (AvgIpc) is 2.74. The number of hydrogen-bond donors (Lipinski definition) is 1. The molecule has 0 aliphatic rings. The van der Waals surface area contributed by atoms with Crippen molar-refractivity contribution >= 4 is 11.3 Å². The second-order valence-electron chi connectivity index (χ2n) is 4.10. The van der Waals surface area contributed by atoms with Gasteiger partial charge in [-0.15, -0.1) is 11.3 Å². The number of nitrogens with one attached hydrogen (secondary N) is 1. The maximum Gasteiger partial charge on any atom is 0.434 e. The molecule has 1 rings (SSSR count). The van der Waals surface area contributed by atoms with Crippen LogP contribution in [-0.4, -0.2) is 18.1 Å². The molecule has 7 heteroatoms. The van der Waals surface area contributed by atoms with Gasteiger partial charge in [0.15, 0.2) is 5.69 Å². The van der Waals surface area contributed by atoms with Gasteiger partial charge < -0.3 is 10.1 Å². The summed E-state index contributed by atoms with van der Waals surface area (Å²) in [5, 5.41) is 3.35. The minimum Gasteiger partial charge on any atom is -0.372 e. The zero-order valence-corrected chi connectivity index (χ0v) is 12.1. The molecule has 1 N–H and O–H groups in total. The molecule has 3 nitrogen and oxygen atoms in total. The number of alkyl halides is 3. The molecule has 1 atom stereocenters. The number of halogens is 3. The molecule has 0 amide bonds. The van der Waals surface area contributed by atoms with Crippen LogP contribution in [0.3, 0.4) is 0 Å². The summed E-state index contributed by atoms with van der Waals surface area (Å²) in [5.74, 6) is 0. The quantitative estimate of drug-likeness (QED) is 0.778. The van der Waals surface area contributed by atoms with E-state index in [0.717, 1.165) is 17.8 Å². The van der Waals surface area contributed by atoms with Crippen LogP contribution in [0.1, 0.15) is 48.9 Å². The summed E-state index contributed by atoms with van der Waals surface area (Å²) < 4.78 is 44.0. The molecule has 110 valence electrons. The third-order valence-electron chi connectivity index (χ3n) is 2.46. The van der Waals surface area contributed by atoms with Gasteiger partial charge in [-0.2, -0.15) is 13.2 Å². The van der Waals surface area contributed by atoms with Crippen LogP contribution in [0.5, 0.6) is 0 Å². The maximum absolute atomic E-state index is 12.9. The van der Waals surface area contributed by atoms with Gasteiger partial charge in [0.25, 0.3) is 0 Å². The molecular weight excluding hydrogens is 277 g/mol. The summed E-state index contributed by atoms with van der Waals surface area (Å²) in [5.41, 5.74) is -0.789. The van der Waals surface area contributed by atoms with Crippen LogP contribution in [-0.2, 0) is 17.5 Å². The smallest absolute Gasteiger partial charge is 0.372 e. The minimum absolute atomic E-state index is 0.194. The van der Waals surface area contributed by atoms with Crippen LogP contribution in [0.25, 0.3) is 0 Å². The molecule has 0 spiro atoms. The predicted octanol–water partition coefficient (Wildman–Crippen LogP) is 3.76. The molecular formula is C12H19F3N2OS. The van der Waals surface area contributed by atoms with Gasteiger partial charge in [-0.3, -0.25) is 0 Å². The molecule has 0 radical (unpaired) electrons. The molecule has 0 aliphatic carbocycles. The minimum atomic E-state index is -4.41. The number of hydrogen-bond acceptors (Lipinski definition) is 4. The Morgan fingerprint density at radius 3 is 2.58 bits per heavy atom. The lowest BCUT2D eigenvalue weighted by molar-refractivity contribution is -0.141. The van der Waals surface area contributed by atoms with Crippen molar-refractivity contribution in [2.45, 2.75) is 46.0 Å². The number of ether oxygens (including phenoxy) is 1. The fourth-order valence-electron chi connectivity index (χ4n) is 1.59. The largest absolute Gasteiger partial charge is 0.434 e. The summed E-state index contributed by atoms with van der Waals surface area (Å²) in [6.07, 6.45) is -3.94.